The van der Waals surface area contributed by atoms with Gasteiger partial charge in [0, 0.05) is 6.54 Å². The molecule has 1 unspecified atom stereocenters. The van der Waals surface area contributed by atoms with Crippen molar-refractivity contribution in [3.63, 3.8) is 0 Å². The fourth-order valence-corrected chi connectivity index (χ4v) is 3.40. The van der Waals surface area contributed by atoms with Gasteiger partial charge in [0.05, 0.1) is 18.1 Å². The van der Waals surface area contributed by atoms with E-state index in [0.29, 0.717) is 6.42 Å². The van der Waals surface area contributed by atoms with Crippen molar-refractivity contribution in [1.82, 2.24) is 10.6 Å². The summed E-state index contributed by atoms with van der Waals surface area (Å²) < 4.78 is 33.9. The molecule has 0 spiro atoms. The number of amides is 2. The van der Waals surface area contributed by atoms with Gasteiger partial charge in [-0.15, -0.1) is 0 Å². The molecule has 162 valence electrons. The van der Waals surface area contributed by atoms with Gasteiger partial charge in [-0.2, -0.15) is 0 Å². The lowest BCUT2D eigenvalue weighted by Gasteiger charge is -2.15. The summed E-state index contributed by atoms with van der Waals surface area (Å²) in [4.78, 5) is 34.4. The maximum Gasteiger partial charge on any atom is 0.407 e. The standard InChI is InChI=1S/C18H26N2O8S/c1-2-3-10-27-18(24)20-15(16(21)22)13-29(25,26)11-9-19-17(23)28-12-14-7-5-4-6-8-14/h4-8,15H,2-3,9-13H2,1H3,(H,19,23)(H,20,24)(H,21,22). The van der Waals surface area contributed by atoms with Crippen LogP contribution >= 0.6 is 0 Å². The van der Waals surface area contributed by atoms with Crippen LogP contribution in [0, 0.1) is 0 Å². The summed E-state index contributed by atoms with van der Waals surface area (Å²) in [6, 6.07) is 7.28. The number of hydrogen-bond donors (Lipinski definition) is 3. The second-order valence-electron chi connectivity index (χ2n) is 6.13. The van der Waals surface area contributed by atoms with E-state index >= 15 is 0 Å². The zero-order chi connectivity index (χ0) is 21.7. The highest BCUT2D eigenvalue weighted by Crippen LogP contribution is 2.01. The quantitative estimate of drug-likeness (QED) is 0.420. The van der Waals surface area contributed by atoms with Crippen molar-refractivity contribution in [2.45, 2.75) is 32.4 Å². The molecular weight excluding hydrogens is 404 g/mol. The molecule has 1 rings (SSSR count). The minimum Gasteiger partial charge on any atom is -0.480 e. The van der Waals surface area contributed by atoms with Crippen molar-refractivity contribution in [3.05, 3.63) is 35.9 Å². The summed E-state index contributed by atoms with van der Waals surface area (Å²) in [5, 5.41) is 13.4. The third-order valence-electron chi connectivity index (χ3n) is 3.64. The van der Waals surface area contributed by atoms with Crippen LogP contribution in [0.2, 0.25) is 0 Å². The van der Waals surface area contributed by atoms with Gasteiger partial charge < -0.3 is 25.2 Å². The molecule has 1 aromatic rings. The summed E-state index contributed by atoms with van der Waals surface area (Å²) in [6.45, 7) is 1.77. The molecule has 0 saturated carbocycles. The fraction of sp³-hybridized carbons (Fsp3) is 0.500. The largest absolute Gasteiger partial charge is 0.480 e. The van der Waals surface area contributed by atoms with Gasteiger partial charge in [0.2, 0.25) is 0 Å². The number of sulfone groups is 1. The van der Waals surface area contributed by atoms with Gasteiger partial charge in [0.15, 0.2) is 9.84 Å². The molecule has 0 bridgehead atoms. The molecule has 11 heteroatoms. The number of rotatable bonds is 12. The lowest BCUT2D eigenvalue weighted by atomic mass is 10.2. The predicted octanol–water partition coefficient (Wildman–Crippen LogP) is 1.31. The number of ether oxygens (including phenoxy) is 2. The average molecular weight is 430 g/mol. The normalized spacial score (nSPS) is 11.9. The van der Waals surface area contributed by atoms with E-state index in [2.05, 4.69) is 5.32 Å². The Bertz CT molecular complexity index is 767. The van der Waals surface area contributed by atoms with Crippen LogP contribution in [-0.4, -0.2) is 62.4 Å². The highest BCUT2D eigenvalue weighted by molar-refractivity contribution is 7.91. The maximum absolute atomic E-state index is 12.1. The van der Waals surface area contributed by atoms with Crippen molar-refractivity contribution in [1.29, 1.82) is 0 Å². The van der Waals surface area contributed by atoms with E-state index in [4.69, 9.17) is 14.6 Å². The molecule has 0 radical (unpaired) electrons. The van der Waals surface area contributed by atoms with E-state index in [1.807, 2.05) is 18.3 Å². The van der Waals surface area contributed by atoms with Gasteiger partial charge >= 0.3 is 18.2 Å². The first-order valence-corrected chi connectivity index (χ1v) is 10.9. The number of nitrogens with one attached hydrogen (secondary N) is 2. The first kappa shape index (κ1) is 24.2. The summed E-state index contributed by atoms with van der Waals surface area (Å²) >= 11 is 0. The van der Waals surface area contributed by atoms with Crippen LogP contribution in [0.25, 0.3) is 0 Å². The van der Waals surface area contributed by atoms with Crippen molar-refractivity contribution >= 4 is 28.0 Å². The Morgan fingerprint density at radius 2 is 1.79 bits per heavy atom. The van der Waals surface area contributed by atoms with Gasteiger partial charge in [0.25, 0.3) is 0 Å². The minimum absolute atomic E-state index is 0.0323. The van der Waals surface area contributed by atoms with Crippen molar-refractivity contribution in [3.8, 4) is 0 Å². The molecular formula is C18H26N2O8S. The molecule has 0 fully saturated rings. The Morgan fingerprint density at radius 3 is 2.41 bits per heavy atom. The van der Waals surface area contributed by atoms with Gasteiger partial charge in [-0.05, 0) is 12.0 Å². The Kier molecular flexibility index (Phi) is 10.5. The molecule has 0 aromatic heterocycles. The number of carbonyl (C=O) groups excluding carboxylic acids is 2. The molecule has 0 aliphatic rings. The van der Waals surface area contributed by atoms with Crippen LogP contribution in [0.4, 0.5) is 9.59 Å². The van der Waals surface area contributed by atoms with E-state index in [1.165, 1.54) is 0 Å². The second kappa shape index (κ2) is 12.6. The molecule has 0 aliphatic carbocycles. The number of unbranched alkanes of at least 4 members (excludes halogenated alkanes) is 1. The van der Waals surface area contributed by atoms with Crippen LogP contribution in [0.15, 0.2) is 30.3 Å². The highest BCUT2D eigenvalue weighted by Gasteiger charge is 2.27. The third-order valence-corrected chi connectivity index (χ3v) is 5.30. The van der Waals surface area contributed by atoms with Crippen LogP contribution in [0.1, 0.15) is 25.3 Å². The van der Waals surface area contributed by atoms with E-state index in [1.54, 1.807) is 24.3 Å². The summed E-state index contributed by atoms with van der Waals surface area (Å²) in [5.41, 5.74) is 0.775. The van der Waals surface area contributed by atoms with E-state index in [-0.39, 0.29) is 19.8 Å². The van der Waals surface area contributed by atoms with Crippen LogP contribution < -0.4 is 10.6 Å². The summed E-state index contributed by atoms with van der Waals surface area (Å²) in [5.74, 6) is -2.84. The lowest BCUT2D eigenvalue weighted by Crippen LogP contribution is -2.46. The number of benzene rings is 1. The summed E-state index contributed by atoms with van der Waals surface area (Å²) in [7, 11) is -3.88. The molecule has 3 N–H and O–H groups in total. The molecule has 10 nitrogen and oxygen atoms in total. The first-order valence-electron chi connectivity index (χ1n) is 9.04. The average Bonchev–Trinajstić information content (AvgIpc) is 2.66. The Balaban J connectivity index is 2.40. The third kappa shape index (κ3) is 10.9. The Morgan fingerprint density at radius 1 is 1.10 bits per heavy atom. The molecule has 0 heterocycles. The van der Waals surface area contributed by atoms with Crippen LogP contribution in [-0.2, 0) is 30.7 Å². The minimum atomic E-state index is -3.88. The maximum atomic E-state index is 12.1. The lowest BCUT2D eigenvalue weighted by molar-refractivity contribution is -0.138. The van der Waals surface area contributed by atoms with E-state index in [0.717, 1.165) is 12.0 Å². The fourth-order valence-electron chi connectivity index (χ4n) is 2.09. The zero-order valence-corrected chi connectivity index (χ0v) is 16.9. The smallest absolute Gasteiger partial charge is 0.407 e. The molecule has 0 aliphatic heterocycles. The van der Waals surface area contributed by atoms with Gasteiger partial charge in [-0.25, -0.2) is 22.8 Å². The molecule has 2 amide bonds. The number of carboxylic acids is 1. The Hall–Kier alpha value is -2.82. The van der Waals surface area contributed by atoms with Crippen LogP contribution in [0.5, 0.6) is 0 Å². The number of hydrogen-bond acceptors (Lipinski definition) is 7. The molecule has 29 heavy (non-hydrogen) atoms. The summed E-state index contributed by atoms with van der Waals surface area (Å²) in [6.07, 6.45) is -0.402. The predicted molar refractivity (Wildman–Crippen MR) is 104 cm³/mol. The van der Waals surface area contributed by atoms with Gasteiger partial charge in [-0.1, -0.05) is 43.7 Å². The van der Waals surface area contributed by atoms with Crippen LogP contribution in [0.3, 0.4) is 0 Å². The van der Waals surface area contributed by atoms with E-state index < -0.39 is 45.5 Å². The SMILES string of the molecule is CCCCOC(=O)NC(CS(=O)(=O)CCNC(=O)OCc1ccccc1)C(=O)O. The van der Waals surface area contributed by atoms with E-state index in [9.17, 15) is 22.8 Å². The van der Waals surface area contributed by atoms with Gasteiger partial charge in [0.1, 0.15) is 12.6 Å². The number of aliphatic carboxylic acids is 1. The molecule has 1 aromatic carbocycles. The monoisotopic (exact) mass is 430 g/mol. The second-order valence-corrected chi connectivity index (χ2v) is 8.36. The van der Waals surface area contributed by atoms with Crippen molar-refractivity contribution in [2.75, 3.05) is 24.7 Å². The molecule has 1 atom stereocenters. The number of carbonyl (C=O) groups is 3. The Labute approximate surface area is 169 Å². The van der Waals surface area contributed by atoms with Gasteiger partial charge in [-0.3, -0.25) is 0 Å². The first-order chi connectivity index (χ1) is 13.7. The molecule has 0 saturated heterocycles. The zero-order valence-electron chi connectivity index (χ0n) is 16.1. The van der Waals surface area contributed by atoms with Crippen molar-refractivity contribution in [2.24, 2.45) is 0 Å². The topological polar surface area (TPSA) is 148 Å². The highest BCUT2D eigenvalue weighted by atomic mass is 32.2. The number of alkyl carbamates (subject to hydrolysis) is 2. The number of carboxylic acid groups (broad SMARTS) is 1. The van der Waals surface area contributed by atoms with Crippen molar-refractivity contribution < 1.29 is 37.4 Å².